The molecule has 140 valence electrons. The minimum atomic E-state index is -1.77. The molecule has 7 nitrogen and oxygen atoms in total. The molecule has 0 saturated carbocycles. The van der Waals surface area contributed by atoms with Gasteiger partial charge in [0.2, 0.25) is 5.91 Å². The molecule has 0 aliphatic carbocycles. The number of alkyl carbamates (subject to hydrolysis) is 1. The van der Waals surface area contributed by atoms with E-state index >= 15 is 0 Å². The van der Waals surface area contributed by atoms with Crippen molar-refractivity contribution in [2.75, 3.05) is 13.2 Å². The molecule has 3 atom stereocenters. The Labute approximate surface area is 151 Å². The smallest absolute Gasteiger partial charge is 0.447 e. The fraction of sp³-hybridized carbons (Fsp3) is 0.412. The van der Waals surface area contributed by atoms with Gasteiger partial charge in [-0.15, -0.1) is 0 Å². The molecule has 2 rings (SSSR count). The number of carbonyl (C=O) groups is 2. The second-order valence-electron chi connectivity index (χ2n) is 6.13. The number of halogens is 1. The first-order valence-electron chi connectivity index (χ1n) is 8.31. The summed E-state index contributed by atoms with van der Waals surface area (Å²) in [4.78, 5) is 24.9. The Kier molecular flexibility index (Phi) is 7.17. The number of amides is 2. The van der Waals surface area contributed by atoms with Gasteiger partial charge < -0.3 is 25.0 Å². The van der Waals surface area contributed by atoms with E-state index in [9.17, 15) is 24.0 Å². The molecule has 1 aliphatic heterocycles. The fourth-order valence-electron chi connectivity index (χ4n) is 2.87. The largest absolute Gasteiger partial charge is 0.475 e. The molecule has 26 heavy (non-hydrogen) atoms. The third-order valence-corrected chi connectivity index (χ3v) is 4.19. The van der Waals surface area contributed by atoms with E-state index in [2.05, 4.69) is 11.9 Å². The van der Waals surface area contributed by atoms with E-state index < -0.39 is 37.3 Å². The molecule has 0 aromatic heterocycles. The Balaban J connectivity index is 1.87. The molecule has 1 aliphatic rings. The van der Waals surface area contributed by atoms with Crippen LogP contribution >= 0.6 is 0 Å². The molecule has 0 bridgehead atoms. The maximum atomic E-state index is 13.6. The monoisotopic (exact) mass is 364 g/mol. The van der Waals surface area contributed by atoms with Gasteiger partial charge in [0.1, 0.15) is 12.8 Å². The Hall–Kier alpha value is -2.39. The van der Waals surface area contributed by atoms with Crippen LogP contribution in [0.5, 0.6) is 0 Å². The second-order valence-corrected chi connectivity index (χ2v) is 6.13. The molecular weight excluding hydrogens is 342 g/mol. The van der Waals surface area contributed by atoms with Crippen LogP contribution in [0, 0.1) is 0 Å². The number of alkyl halides is 1. The first kappa shape index (κ1) is 19.9. The minimum Gasteiger partial charge on any atom is -0.447 e. The molecule has 1 aromatic rings. The summed E-state index contributed by atoms with van der Waals surface area (Å²) in [6.45, 7) is 3.12. The Morgan fingerprint density at radius 3 is 2.73 bits per heavy atom. The van der Waals surface area contributed by atoms with E-state index in [0.29, 0.717) is 0 Å². The maximum absolute atomic E-state index is 13.6. The Morgan fingerprint density at radius 1 is 1.42 bits per heavy atom. The van der Waals surface area contributed by atoms with Crippen molar-refractivity contribution < 1.29 is 28.8 Å². The van der Waals surface area contributed by atoms with Gasteiger partial charge in [0.15, 0.2) is 0 Å². The Morgan fingerprint density at radius 2 is 2.12 bits per heavy atom. The van der Waals surface area contributed by atoms with Gasteiger partial charge >= 0.3 is 13.2 Å². The summed E-state index contributed by atoms with van der Waals surface area (Å²) in [5, 5.41) is 21.3. The summed E-state index contributed by atoms with van der Waals surface area (Å²) in [5.74, 6) is -1.39. The summed E-state index contributed by atoms with van der Waals surface area (Å²) in [6.07, 6.45) is -0.690. The Bertz CT molecular complexity index is 631. The third-order valence-electron chi connectivity index (χ3n) is 4.19. The van der Waals surface area contributed by atoms with Crippen LogP contribution in [0.25, 0.3) is 0 Å². The van der Waals surface area contributed by atoms with Crippen molar-refractivity contribution in [3.8, 4) is 0 Å². The van der Waals surface area contributed by atoms with Gasteiger partial charge in [0.25, 0.3) is 0 Å². The number of hydrogen-bond donors (Lipinski definition) is 3. The first-order valence-corrected chi connectivity index (χ1v) is 8.31. The van der Waals surface area contributed by atoms with Gasteiger partial charge in [-0.25, -0.2) is 9.18 Å². The van der Waals surface area contributed by atoms with E-state index in [1.165, 1.54) is 4.90 Å². The van der Waals surface area contributed by atoms with Gasteiger partial charge in [-0.1, -0.05) is 36.9 Å². The number of rotatable bonds is 7. The SMILES string of the molecule is C=CC(=O)N1C[C@@H](F)C[C@@H]1COC(=O)NC(Cc1ccccc1)B(O)O. The summed E-state index contributed by atoms with van der Waals surface area (Å²) >= 11 is 0. The molecule has 0 radical (unpaired) electrons. The molecule has 9 heteroatoms. The fourth-order valence-corrected chi connectivity index (χ4v) is 2.87. The zero-order valence-electron chi connectivity index (χ0n) is 14.3. The quantitative estimate of drug-likeness (QED) is 0.482. The lowest BCUT2D eigenvalue weighted by molar-refractivity contribution is -0.127. The average molecular weight is 364 g/mol. The highest BCUT2D eigenvalue weighted by Gasteiger charge is 2.35. The minimum absolute atomic E-state index is 0.0630. The molecule has 1 fully saturated rings. The van der Waals surface area contributed by atoms with E-state index in [1.807, 2.05) is 6.07 Å². The maximum Gasteiger partial charge on any atom is 0.475 e. The highest BCUT2D eigenvalue weighted by atomic mass is 19.1. The number of nitrogens with one attached hydrogen (secondary N) is 1. The molecule has 2 amide bonds. The zero-order valence-corrected chi connectivity index (χ0v) is 14.3. The van der Waals surface area contributed by atoms with E-state index in [4.69, 9.17) is 4.74 Å². The second kappa shape index (κ2) is 9.35. The molecule has 3 N–H and O–H groups in total. The highest BCUT2D eigenvalue weighted by Crippen LogP contribution is 2.21. The summed E-state index contributed by atoms with van der Waals surface area (Å²) in [6, 6.07) is 8.43. The molecule has 1 unspecified atom stereocenters. The van der Waals surface area contributed by atoms with Crippen LogP contribution < -0.4 is 5.32 Å². The third kappa shape index (κ3) is 5.57. The lowest BCUT2D eigenvalue weighted by Crippen LogP contribution is -2.48. The van der Waals surface area contributed by atoms with Gasteiger partial charge in [-0.2, -0.15) is 0 Å². The summed E-state index contributed by atoms with van der Waals surface area (Å²) < 4.78 is 18.6. The standard InChI is InChI=1S/C17H22BFN2O5/c1-2-16(22)21-10-13(19)9-14(21)11-26-17(23)20-15(18(24)25)8-12-6-4-3-5-7-12/h2-7,13-15,24-25H,1,8-11H2,(H,20,23)/t13-,14+,15?/m0/s1. The molecule has 1 heterocycles. The van der Waals surface area contributed by atoms with Crippen LogP contribution in [0.15, 0.2) is 43.0 Å². The van der Waals surface area contributed by atoms with Gasteiger partial charge in [0, 0.05) is 6.42 Å². The van der Waals surface area contributed by atoms with Crippen molar-refractivity contribution in [1.29, 1.82) is 0 Å². The van der Waals surface area contributed by atoms with E-state index in [0.717, 1.165) is 11.6 Å². The number of ether oxygens (including phenoxy) is 1. The number of nitrogens with zero attached hydrogens (tertiary/aromatic N) is 1. The molecule has 1 saturated heterocycles. The predicted molar refractivity (Wildman–Crippen MR) is 93.8 cm³/mol. The highest BCUT2D eigenvalue weighted by molar-refractivity contribution is 6.43. The van der Waals surface area contributed by atoms with Gasteiger partial charge in [0.05, 0.1) is 18.5 Å². The van der Waals surface area contributed by atoms with Crippen molar-refractivity contribution in [1.82, 2.24) is 10.2 Å². The van der Waals surface area contributed by atoms with Gasteiger partial charge in [-0.3, -0.25) is 4.79 Å². The van der Waals surface area contributed by atoms with Crippen LogP contribution in [0.4, 0.5) is 9.18 Å². The summed E-state index contributed by atoms with van der Waals surface area (Å²) in [7, 11) is -1.77. The van der Waals surface area contributed by atoms with Crippen molar-refractivity contribution in [2.45, 2.75) is 31.0 Å². The van der Waals surface area contributed by atoms with Crippen LogP contribution in [0.1, 0.15) is 12.0 Å². The number of likely N-dealkylation sites (tertiary alicyclic amines) is 1. The van der Waals surface area contributed by atoms with Crippen molar-refractivity contribution in [3.05, 3.63) is 48.6 Å². The summed E-state index contributed by atoms with van der Waals surface area (Å²) in [5.41, 5.74) is 0.810. The number of carbonyl (C=O) groups excluding carboxylic acids is 2. The number of benzene rings is 1. The molecular formula is C17H22BFN2O5. The normalized spacial score (nSPS) is 20.3. The molecule has 0 spiro atoms. The van der Waals surface area contributed by atoms with E-state index in [1.54, 1.807) is 24.3 Å². The average Bonchev–Trinajstić information content (AvgIpc) is 3.00. The lowest BCUT2D eigenvalue weighted by atomic mass is 9.76. The zero-order chi connectivity index (χ0) is 19.1. The lowest BCUT2D eigenvalue weighted by Gasteiger charge is -2.23. The van der Waals surface area contributed by atoms with Crippen LogP contribution in [-0.4, -0.2) is 65.4 Å². The van der Waals surface area contributed by atoms with E-state index in [-0.39, 0.29) is 26.0 Å². The number of hydrogen-bond acceptors (Lipinski definition) is 5. The first-order chi connectivity index (χ1) is 12.4. The van der Waals surface area contributed by atoms with Crippen LogP contribution in [0.3, 0.4) is 0 Å². The van der Waals surface area contributed by atoms with Crippen LogP contribution in [-0.2, 0) is 16.0 Å². The van der Waals surface area contributed by atoms with Crippen molar-refractivity contribution in [3.63, 3.8) is 0 Å². The van der Waals surface area contributed by atoms with Crippen LogP contribution in [0.2, 0.25) is 0 Å². The van der Waals surface area contributed by atoms with Gasteiger partial charge in [-0.05, 0) is 18.1 Å². The molecule has 1 aromatic carbocycles. The van der Waals surface area contributed by atoms with Crippen molar-refractivity contribution >= 4 is 19.1 Å². The topological polar surface area (TPSA) is 99.1 Å². The predicted octanol–water partition coefficient (Wildman–Crippen LogP) is 0.461. The van der Waals surface area contributed by atoms with Crippen molar-refractivity contribution in [2.24, 2.45) is 0 Å².